The summed E-state index contributed by atoms with van der Waals surface area (Å²) in [6, 6.07) is 8.34. The van der Waals surface area contributed by atoms with Crippen LogP contribution in [0.15, 0.2) is 60.3 Å². The van der Waals surface area contributed by atoms with Gasteiger partial charge in [-0.3, -0.25) is 9.36 Å². The lowest BCUT2D eigenvalue weighted by molar-refractivity contribution is -0.143. The number of esters is 1. The summed E-state index contributed by atoms with van der Waals surface area (Å²) in [6.07, 6.45) is 1.36. The van der Waals surface area contributed by atoms with Gasteiger partial charge in [-0.15, -0.1) is 0 Å². The molecule has 0 saturated carbocycles. The number of hydrogen-bond donors (Lipinski definition) is 0. The number of benzene rings is 1. The minimum absolute atomic E-state index is 0.286. The Labute approximate surface area is 214 Å². The maximum Gasteiger partial charge on any atom is 0.338 e. The highest BCUT2D eigenvalue weighted by Gasteiger charge is 2.35. The number of anilines is 1. The molecule has 0 spiro atoms. The van der Waals surface area contributed by atoms with E-state index < -0.39 is 12.0 Å². The van der Waals surface area contributed by atoms with Gasteiger partial charge in [0.05, 0.1) is 29.0 Å². The van der Waals surface area contributed by atoms with Crippen LogP contribution < -0.4 is 24.5 Å². The zero-order chi connectivity index (χ0) is 25.4. The molecule has 10 heteroatoms. The molecule has 1 aromatic carbocycles. The number of carbonyl (C=O) groups excluding carboxylic acids is 1. The highest BCUT2D eigenvalue weighted by atomic mass is 79.9. The van der Waals surface area contributed by atoms with Gasteiger partial charge >= 0.3 is 5.97 Å². The van der Waals surface area contributed by atoms with Gasteiger partial charge < -0.3 is 18.8 Å². The van der Waals surface area contributed by atoms with Crippen molar-refractivity contribution in [2.45, 2.75) is 32.9 Å². The Morgan fingerprint density at radius 2 is 2.03 bits per heavy atom. The van der Waals surface area contributed by atoms with Gasteiger partial charge in [0.1, 0.15) is 17.6 Å². The molecule has 0 saturated heterocycles. The molecule has 4 rings (SSSR count). The Balaban J connectivity index is 1.97. The van der Waals surface area contributed by atoms with Gasteiger partial charge in [-0.2, -0.15) is 0 Å². The van der Waals surface area contributed by atoms with Crippen molar-refractivity contribution in [1.82, 2.24) is 4.57 Å². The summed E-state index contributed by atoms with van der Waals surface area (Å²) in [6.45, 7) is 5.31. The van der Waals surface area contributed by atoms with Gasteiger partial charge in [-0.05, 0) is 45.0 Å². The number of rotatable bonds is 6. The maximum absolute atomic E-state index is 13.7. The first kappa shape index (κ1) is 25.0. The van der Waals surface area contributed by atoms with Crippen molar-refractivity contribution < 1.29 is 18.7 Å². The summed E-state index contributed by atoms with van der Waals surface area (Å²) in [4.78, 5) is 33.9. The molecule has 35 heavy (non-hydrogen) atoms. The monoisotopic (exact) mass is 559 g/mol. The van der Waals surface area contributed by atoms with Crippen LogP contribution in [-0.4, -0.2) is 37.8 Å². The first-order valence-corrected chi connectivity index (χ1v) is 12.6. The standard InChI is InChI=1S/C25H26BrN3O5S/c1-13(2)33-24(31)21-14(3)27-25-29(22(21)17-11-15(26)7-9-18(17)32-6)23(30)19(35-25)12-16-8-10-20(34-16)28(4)5/h7-13,22H,1-6H3/b19-12-/t22-/m0/s1. The average molecular weight is 560 g/mol. The predicted molar refractivity (Wildman–Crippen MR) is 139 cm³/mol. The zero-order valence-corrected chi connectivity index (χ0v) is 22.7. The van der Waals surface area contributed by atoms with Crippen molar-refractivity contribution in [3.8, 4) is 5.75 Å². The molecule has 8 nitrogen and oxygen atoms in total. The summed E-state index contributed by atoms with van der Waals surface area (Å²) < 4.78 is 19.7. The molecule has 2 aromatic heterocycles. The quantitative estimate of drug-likeness (QED) is 0.429. The highest BCUT2D eigenvalue weighted by Crippen LogP contribution is 2.37. The number of hydrogen-bond acceptors (Lipinski definition) is 8. The van der Waals surface area contributed by atoms with E-state index in [1.165, 1.54) is 15.9 Å². The van der Waals surface area contributed by atoms with Crippen molar-refractivity contribution in [3.05, 3.63) is 77.1 Å². The lowest BCUT2D eigenvalue weighted by Gasteiger charge is -2.26. The van der Waals surface area contributed by atoms with E-state index in [4.69, 9.17) is 13.9 Å². The lowest BCUT2D eigenvalue weighted by Crippen LogP contribution is -2.40. The van der Waals surface area contributed by atoms with Gasteiger partial charge in [-0.25, -0.2) is 9.79 Å². The van der Waals surface area contributed by atoms with Crippen LogP contribution in [0.2, 0.25) is 0 Å². The molecule has 0 amide bonds. The molecule has 0 fully saturated rings. The molecule has 184 valence electrons. The van der Waals surface area contributed by atoms with Crippen molar-refractivity contribution in [2.24, 2.45) is 4.99 Å². The van der Waals surface area contributed by atoms with E-state index in [-0.39, 0.29) is 11.7 Å². The Hall–Kier alpha value is -3.11. The number of thiazole rings is 1. The molecule has 1 aliphatic heterocycles. The molecule has 1 atom stereocenters. The fourth-order valence-electron chi connectivity index (χ4n) is 3.86. The van der Waals surface area contributed by atoms with Gasteiger partial charge in [0.25, 0.3) is 5.56 Å². The molecule has 0 unspecified atom stereocenters. The minimum atomic E-state index is -0.777. The molecule has 3 heterocycles. The fourth-order valence-corrected chi connectivity index (χ4v) is 5.27. The maximum atomic E-state index is 13.7. The predicted octanol–water partition coefficient (Wildman–Crippen LogP) is 3.62. The SMILES string of the molecule is COc1ccc(Br)cc1[C@H]1C(C(=O)OC(C)C)=C(C)N=c2s/c(=C\c3ccc(N(C)C)o3)c(=O)n21. The summed E-state index contributed by atoms with van der Waals surface area (Å²) in [7, 11) is 5.31. The number of allylic oxidation sites excluding steroid dienone is 1. The first-order chi connectivity index (χ1) is 16.6. The number of fused-ring (bicyclic) bond motifs is 1. The molecule has 0 bridgehead atoms. The van der Waals surface area contributed by atoms with Gasteiger partial charge in [0, 0.05) is 36.3 Å². The van der Waals surface area contributed by atoms with E-state index in [9.17, 15) is 9.59 Å². The van der Waals surface area contributed by atoms with E-state index >= 15 is 0 Å². The van der Waals surface area contributed by atoms with Crippen LogP contribution in [0.4, 0.5) is 5.88 Å². The van der Waals surface area contributed by atoms with E-state index in [1.54, 1.807) is 46.1 Å². The Bertz CT molecular complexity index is 1500. The fraction of sp³-hybridized carbons (Fsp3) is 0.320. The minimum Gasteiger partial charge on any atom is -0.496 e. The van der Waals surface area contributed by atoms with E-state index in [2.05, 4.69) is 20.9 Å². The van der Waals surface area contributed by atoms with Gasteiger partial charge in [0.15, 0.2) is 10.7 Å². The third-order valence-electron chi connectivity index (χ3n) is 5.40. The van der Waals surface area contributed by atoms with E-state index in [0.717, 1.165) is 4.47 Å². The van der Waals surface area contributed by atoms with E-state index in [0.29, 0.717) is 43.6 Å². The van der Waals surface area contributed by atoms with Crippen LogP contribution in [-0.2, 0) is 9.53 Å². The molecular formula is C25H26BrN3O5S. The van der Waals surface area contributed by atoms with Crippen LogP contribution in [0.3, 0.4) is 0 Å². The third-order valence-corrected chi connectivity index (χ3v) is 6.87. The Morgan fingerprint density at radius 3 is 2.66 bits per heavy atom. The van der Waals surface area contributed by atoms with Gasteiger partial charge in [-0.1, -0.05) is 27.3 Å². The second-order valence-electron chi connectivity index (χ2n) is 8.49. The molecule has 0 radical (unpaired) electrons. The molecule has 3 aromatic rings. The number of carbonyl (C=O) groups is 1. The molecule has 1 aliphatic rings. The number of nitrogens with zero attached hydrogens (tertiary/aromatic N) is 3. The van der Waals surface area contributed by atoms with Crippen LogP contribution in [0.1, 0.15) is 38.1 Å². The van der Waals surface area contributed by atoms with Crippen LogP contribution in [0, 0.1) is 0 Å². The first-order valence-electron chi connectivity index (χ1n) is 10.9. The Kier molecular flexibility index (Phi) is 7.05. The summed E-state index contributed by atoms with van der Waals surface area (Å²) in [5.74, 6) is 1.24. The van der Waals surface area contributed by atoms with Crippen LogP contribution >= 0.6 is 27.3 Å². The molecule has 0 N–H and O–H groups in total. The van der Waals surface area contributed by atoms with Crippen molar-refractivity contribution in [2.75, 3.05) is 26.1 Å². The summed E-state index contributed by atoms with van der Waals surface area (Å²) >= 11 is 4.75. The van der Waals surface area contributed by atoms with E-state index in [1.807, 2.05) is 37.2 Å². The van der Waals surface area contributed by atoms with Crippen LogP contribution in [0.25, 0.3) is 6.08 Å². The smallest absolute Gasteiger partial charge is 0.338 e. The van der Waals surface area contributed by atoms with Gasteiger partial charge in [0.2, 0.25) is 0 Å². The Morgan fingerprint density at radius 1 is 1.29 bits per heavy atom. The summed E-state index contributed by atoms with van der Waals surface area (Å²) in [5, 5.41) is 0. The molecular weight excluding hydrogens is 534 g/mol. The second kappa shape index (κ2) is 9.87. The second-order valence-corrected chi connectivity index (χ2v) is 10.4. The molecule has 0 aliphatic carbocycles. The topological polar surface area (TPSA) is 86.3 Å². The zero-order valence-electron chi connectivity index (χ0n) is 20.3. The number of aromatic nitrogens is 1. The van der Waals surface area contributed by atoms with Crippen molar-refractivity contribution >= 4 is 45.2 Å². The number of ether oxygens (including phenoxy) is 2. The van der Waals surface area contributed by atoms with Crippen molar-refractivity contribution in [3.63, 3.8) is 0 Å². The summed E-state index contributed by atoms with van der Waals surface area (Å²) in [5.41, 5.74) is 1.14. The third kappa shape index (κ3) is 4.85. The normalized spacial score (nSPS) is 15.8. The number of halogens is 1. The van der Waals surface area contributed by atoms with Crippen LogP contribution in [0.5, 0.6) is 5.75 Å². The highest BCUT2D eigenvalue weighted by molar-refractivity contribution is 9.10. The largest absolute Gasteiger partial charge is 0.496 e. The lowest BCUT2D eigenvalue weighted by atomic mass is 9.95. The number of methoxy groups -OCH3 is 1. The number of furan rings is 1. The van der Waals surface area contributed by atoms with Crippen molar-refractivity contribution in [1.29, 1.82) is 0 Å². The average Bonchev–Trinajstić information content (AvgIpc) is 3.37.